The number of nitrogens with zero attached hydrogens (tertiary/aromatic N) is 1. The van der Waals surface area contributed by atoms with Crippen molar-refractivity contribution in [1.82, 2.24) is 5.32 Å². The fourth-order valence-corrected chi connectivity index (χ4v) is 5.50. The van der Waals surface area contributed by atoms with E-state index in [9.17, 15) is 14.4 Å². The number of carbonyl (C=O) groups excluding carboxylic acids is 3. The van der Waals surface area contributed by atoms with Gasteiger partial charge in [-0.15, -0.1) is 0 Å². The maximum atomic E-state index is 13.4. The van der Waals surface area contributed by atoms with Gasteiger partial charge in [0.1, 0.15) is 24.4 Å². The molecule has 46 heavy (non-hydrogen) atoms. The average molecular weight is 636 g/mol. The normalized spacial score (nSPS) is 13.9. The van der Waals surface area contributed by atoms with Crippen molar-refractivity contribution in [2.75, 3.05) is 18.1 Å². The molecule has 1 amide bonds. The Morgan fingerprint density at radius 1 is 0.870 bits per heavy atom. The van der Waals surface area contributed by atoms with Gasteiger partial charge in [0.2, 0.25) is 5.91 Å². The van der Waals surface area contributed by atoms with Gasteiger partial charge in [-0.2, -0.15) is 12.6 Å². The van der Waals surface area contributed by atoms with E-state index in [0.717, 1.165) is 39.9 Å². The highest BCUT2D eigenvalue weighted by atomic mass is 32.1. The summed E-state index contributed by atoms with van der Waals surface area (Å²) in [5, 5.41) is 3.48. The highest BCUT2D eigenvalue weighted by molar-refractivity contribution is 7.79. The van der Waals surface area contributed by atoms with Gasteiger partial charge in [0.25, 0.3) is 0 Å². The van der Waals surface area contributed by atoms with Crippen LogP contribution in [0.15, 0.2) is 97.1 Å². The standard InChI is InChI=1S/C37H37N3O5S/c38-35-32-10-5-6-11-33(32)40(34(42)12-2-1-7-22-41)24-28-8-3-4-9-31(28)36(35)39-21-23-44-29-19-15-27(16-20-29)37(43)45-30-17-13-26(25-46)14-18-30/h3-6,8-11,13-20,22,39,46H,1-2,7,12,21,23-25,38H2/b36-35-. The average Bonchev–Trinajstić information content (AvgIpc) is 3.09. The maximum Gasteiger partial charge on any atom is 0.343 e. The second-order valence-corrected chi connectivity index (χ2v) is 11.2. The smallest absolute Gasteiger partial charge is 0.343 e. The molecule has 0 radical (unpaired) electrons. The molecule has 1 heterocycles. The third-order valence-electron chi connectivity index (χ3n) is 7.71. The van der Waals surface area contributed by atoms with Gasteiger partial charge in [0.15, 0.2) is 0 Å². The number of unbranched alkanes of at least 4 members (excludes halogenated alkanes) is 2. The van der Waals surface area contributed by atoms with E-state index in [2.05, 4.69) is 17.9 Å². The van der Waals surface area contributed by atoms with Crippen molar-refractivity contribution in [1.29, 1.82) is 0 Å². The number of hydrogen-bond donors (Lipinski definition) is 3. The number of nitrogens with one attached hydrogen (secondary N) is 1. The number of fused-ring (bicyclic) bond motifs is 2. The van der Waals surface area contributed by atoms with E-state index in [0.29, 0.717) is 73.9 Å². The lowest BCUT2D eigenvalue weighted by molar-refractivity contribution is -0.119. The van der Waals surface area contributed by atoms with Crippen molar-refractivity contribution in [3.05, 3.63) is 125 Å². The number of para-hydroxylation sites is 1. The Hall–Kier alpha value is -5.02. The molecule has 9 heteroatoms. The van der Waals surface area contributed by atoms with Gasteiger partial charge in [0.05, 0.1) is 29.2 Å². The Kier molecular flexibility index (Phi) is 11.1. The SMILES string of the molecule is N/C1=C(\NCCOc2ccc(C(=O)Oc3ccc(CS)cc3)cc2)c2ccccc2CN(C(=O)CCCCC=O)c2ccccc21. The lowest BCUT2D eigenvalue weighted by Crippen LogP contribution is -2.34. The third kappa shape index (κ3) is 7.97. The van der Waals surface area contributed by atoms with Gasteiger partial charge in [-0.05, 0) is 66.4 Å². The van der Waals surface area contributed by atoms with Crippen LogP contribution in [-0.2, 0) is 21.9 Å². The second kappa shape index (κ2) is 15.8. The van der Waals surface area contributed by atoms with Crippen LogP contribution >= 0.6 is 12.6 Å². The van der Waals surface area contributed by atoms with Gasteiger partial charge < -0.3 is 30.2 Å². The molecule has 0 aliphatic carbocycles. The zero-order chi connectivity index (χ0) is 32.3. The van der Waals surface area contributed by atoms with Crippen LogP contribution in [0.1, 0.15) is 58.3 Å². The van der Waals surface area contributed by atoms with Gasteiger partial charge in [-0.25, -0.2) is 4.79 Å². The van der Waals surface area contributed by atoms with E-state index < -0.39 is 5.97 Å². The summed E-state index contributed by atoms with van der Waals surface area (Å²) in [7, 11) is 0. The lowest BCUT2D eigenvalue weighted by Gasteiger charge is -2.30. The van der Waals surface area contributed by atoms with Gasteiger partial charge >= 0.3 is 5.97 Å². The van der Waals surface area contributed by atoms with Crippen molar-refractivity contribution < 1.29 is 23.9 Å². The number of nitrogens with two attached hydrogens (primary N) is 1. The van der Waals surface area contributed by atoms with Gasteiger partial charge in [-0.3, -0.25) is 4.79 Å². The highest BCUT2D eigenvalue weighted by Gasteiger charge is 2.25. The Labute approximate surface area is 274 Å². The molecule has 4 aromatic carbocycles. The van der Waals surface area contributed by atoms with Crippen LogP contribution in [0.5, 0.6) is 11.5 Å². The Bertz CT molecular complexity index is 1700. The molecule has 0 spiro atoms. The molecule has 1 aliphatic heterocycles. The van der Waals surface area contributed by atoms with Gasteiger partial charge in [-0.1, -0.05) is 54.6 Å². The Morgan fingerprint density at radius 2 is 1.57 bits per heavy atom. The second-order valence-electron chi connectivity index (χ2n) is 10.8. The molecule has 0 atom stereocenters. The summed E-state index contributed by atoms with van der Waals surface area (Å²) in [5.74, 6) is 1.25. The van der Waals surface area contributed by atoms with Crippen molar-refractivity contribution in [3.63, 3.8) is 0 Å². The first-order valence-electron chi connectivity index (χ1n) is 15.3. The first-order valence-corrected chi connectivity index (χ1v) is 15.9. The van der Waals surface area contributed by atoms with Crippen LogP contribution < -0.4 is 25.4 Å². The molecule has 4 aromatic rings. The van der Waals surface area contributed by atoms with Crippen LogP contribution in [0.2, 0.25) is 0 Å². The molecule has 0 aromatic heterocycles. The van der Waals surface area contributed by atoms with E-state index in [1.165, 1.54) is 0 Å². The molecule has 3 N–H and O–H groups in total. The van der Waals surface area contributed by atoms with E-state index in [1.54, 1.807) is 41.3 Å². The minimum absolute atomic E-state index is 0.00653. The zero-order valence-corrected chi connectivity index (χ0v) is 26.4. The Balaban J connectivity index is 1.26. The number of benzene rings is 4. The van der Waals surface area contributed by atoms with E-state index in [-0.39, 0.29) is 5.91 Å². The van der Waals surface area contributed by atoms with E-state index in [1.807, 2.05) is 60.7 Å². The molecular weight excluding hydrogens is 598 g/mol. The summed E-state index contributed by atoms with van der Waals surface area (Å²) >= 11 is 4.24. The molecule has 0 fully saturated rings. The molecule has 5 rings (SSSR count). The van der Waals surface area contributed by atoms with Crippen molar-refractivity contribution in [3.8, 4) is 11.5 Å². The molecule has 0 saturated carbocycles. The summed E-state index contributed by atoms with van der Waals surface area (Å²) in [4.78, 5) is 38.5. The van der Waals surface area contributed by atoms with Crippen LogP contribution in [-0.4, -0.2) is 31.3 Å². The van der Waals surface area contributed by atoms with Crippen molar-refractivity contribution in [2.45, 2.75) is 38.0 Å². The largest absolute Gasteiger partial charge is 0.492 e. The number of rotatable bonds is 13. The molecule has 0 unspecified atom stereocenters. The molecular formula is C37H37N3O5S. The fraction of sp³-hybridized carbons (Fsp3) is 0.216. The number of thiol groups is 1. The molecule has 1 aliphatic rings. The van der Waals surface area contributed by atoms with E-state index in [4.69, 9.17) is 15.2 Å². The first-order chi connectivity index (χ1) is 22.5. The number of anilines is 1. The fourth-order valence-electron chi connectivity index (χ4n) is 5.29. The zero-order valence-electron chi connectivity index (χ0n) is 25.5. The van der Waals surface area contributed by atoms with Crippen LogP contribution in [0.4, 0.5) is 5.69 Å². The number of esters is 1. The molecule has 8 nitrogen and oxygen atoms in total. The summed E-state index contributed by atoms with van der Waals surface area (Å²) in [6, 6.07) is 29.6. The number of hydrogen-bond acceptors (Lipinski definition) is 8. The molecule has 0 bridgehead atoms. The third-order valence-corrected chi connectivity index (χ3v) is 8.08. The lowest BCUT2D eigenvalue weighted by atomic mass is 9.95. The molecule has 236 valence electrons. The quantitative estimate of drug-likeness (QED) is 0.0513. The highest BCUT2D eigenvalue weighted by Crippen LogP contribution is 2.35. The van der Waals surface area contributed by atoms with Crippen molar-refractivity contribution >= 4 is 47.9 Å². The molecule has 0 saturated heterocycles. The number of ether oxygens (including phenoxy) is 2. The minimum Gasteiger partial charge on any atom is -0.492 e. The maximum absolute atomic E-state index is 13.4. The summed E-state index contributed by atoms with van der Waals surface area (Å²) in [6.07, 6.45) is 3.02. The first kappa shape index (κ1) is 32.4. The predicted molar refractivity (Wildman–Crippen MR) is 184 cm³/mol. The van der Waals surface area contributed by atoms with E-state index >= 15 is 0 Å². The van der Waals surface area contributed by atoms with Crippen molar-refractivity contribution in [2.24, 2.45) is 5.73 Å². The monoisotopic (exact) mass is 635 g/mol. The summed E-state index contributed by atoms with van der Waals surface area (Å²) in [6.45, 7) is 1.19. The number of carbonyl (C=O) groups is 3. The van der Waals surface area contributed by atoms with Crippen LogP contribution in [0.25, 0.3) is 11.4 Å². The van der Waals surface area contributed by atoms with Crippen LogP contribution in [0.3, 0.4) is 0 Å². The predicted octanol–water partition coefficient (Wildman–Crippen LogP) is 6.39. The minimum atomic E-state index is -0.448. The summed E-state index contributed by atoms with van der Waals surface area (Å²) in [5.41, 5.74) is 13.0. The Morgan fingerprint density at radius 3 is 2.30 bits per heavy atom. The topological polar surface area (TPSA) is 111 Å². The van der Waals surface area contributed by atoms with Gasteiger partial charge in [0, 0.05) is 36.3 Å². The van der Waals surface area contributed by atoms with Crippen LogP contribution in [0, 0.1) is 0 Å². The number of amides is 1. The number of aldehydes is 1. The summed E-state index contributed by atoms with van der Waals surface area (Å²) < 4.78 is 11.4.